The molecule has 86 valence electrons. The lowest BCUT2D eigenvalue weighted by atomic mass is 10.2. The van der Waals surface area contributed by atoms with Crippen LogP contribution in [-0.2, 0) is 9.53 Å². The van der Waals surface area contributed by atoms with Gasteiger partial charge in [-0.15, -0.1) is 0 Å². The van der Waals surface area contributed by atoms with Gasteiger partial charge in [0.2, 0.25) is 0 Å². The van der Waals surface area contributed by atoms with Gasteiger partial charge < -0.3 is 10.1 Å². The highest BCUT2D eigenvalue weighted by molar-refractivity contribution is 7.98. The van der Waals surface area contributed by atoms with Crippen molar-refractivity contribution >= 4 is 23.9 Å². The maximum absolute atomic E-state index is 11.4. The number of nitrogens with one attached hydrogen (secondary N) is 1. The first-order valence-electron chi connectivity index (χ1n) is 4.69. The van der Waals surface area contributed by atoms with Crippen LogP contribution in [0.15, 0.2) is 0 Å². The average molecular weight is 232 g/mol. The Labute approximate surface area is 93.7 Å². The summed E-state index contributed by atoms with van der Waals surface area (Å²) < 4.78 is 6.57. The van der Waals surface area contributed by atoms with Gasteiger partial charge in [-0.05, 0) is 32.7 Å². The third-order valence-electron chi connectivity index (χ3n) is 1.73. The molecule has 1 atom stereocenters. The largest absolute Gasteiger partial charge is 0.444 e. The van der Waals surface area contributed by atoms with Crippen LogP contribution < -0.4 is 5.32 Å². The van der Waals surface area contributed by atoms with Gasteiger partial charge in [-0.3, -0.25) is 9.10 Å². The van der Waals surface area contributed by atoms with Crippen molar-refractivity contribution in [3.63, 3.8) is 0 Å². The van der Waals surface area contributed by atoms with Gasteiger partial charge in [0, 0.05) is 12.8 Å². The van der Waals surface area contributed by atoms with Crippen molar-refractivity contribution in [2.24, 2.45) is 0 Å². The highest BCUT2D eigenvalue weighted by atomic mass is 32.2. The smallest absolute Gasteiger partial charge is 0.408 e. The van der Waals surface area contributed by atoms with Crippen molar-refractivity contribution in [3.8, 4) is 0 Å². The molecule has 1 saturated heterocycles. The zero-order valence-corrected chi connectivity index (χ0v) is 10.2. The first-order chi connectivity index (χ1) is 6.79. The molecule has 1 N–H and O–H groups in total. The van der Waals surface area contributed by atoms with Gasteiger partial charge in [-0.1, -0.05) is 0 Å². The summed E-state index contributed by atoms with van der Waals surface area (Å²) in [5, 5.41) is 2.54. The van der Waals surface area contributed by atoms with E-state index in [0.717, 1.165) is 0 Å². The lowest BCUT2D eigenvalue weighted by Crippen LogP contribution is -2.44. The molecule has 0 saturated carbocycles. The summed E-state index contributed by atoms with van der Waals surface area (Å²) in [6.45, 7) is 5.35. The lowest BCUT2D eigenvalue weighted by molar-refractivity contribution is -0.125. The van der Waals surface area contributed by atoms with E-state index >= 15 is 0 Å². The summed E-state index contributed by atoms with van der Waals surface area (Å²) in [7, 11) is 1.68. The monoisotopic (exact) mass is 232 g/mol. The van der Waals surface area contributed by atoms with E-state index in [1.54, 1.807) is 27.8 Å². The van der Waals surface area contributed by atoms with E-state index in [4.69, 9.17) is 4.74 Å². The standard InChI is InChI=1S/C9H16N2O3S/c1-9(2,3)14-8(13)10-6-5-15-11(4)7(6)12/h6H,5H2,1-4H3,(H,10,13). The molecule has 5 nitrogen and oxygen atoms in total. The second-order valence-electron chi connectivity index (χ2n) is 4.33. The Hall–Kier alpha value is -0.910. The number of nitrogens with zero attached hydrogens (tertiary/aromatic N) is 1. The molecule has 15 heavy (non-hydrogen) atoms. The zero-order chi connectivity index (χ0) is 11.6. The number of carbonyl (C=O) groups is 2. The SMILES string of the molecule is CN1SCC(NC(=O)OC(C)(C)C)C1=O. The van der Waals surface area contributed by atoms with Crippen molar-refractivity contribution in [2.75, 3.05) is 12.8 Å². The van der Waals surface area contributed by atoms with Crippen molar-refractivity contribution in [1.82, 2.24) is 9.62 Å². The second kappa shape index (κ2) is 4.30. The fourth-order valence-electron chi connectivity index (χ4n) is 1.09. The Kier molecular flexibility index (Phi) is 3.49. The Morgan fingerprint density at radius 2 is 2.20 bits per heavy atom. The topological polar surface area (TPSA) is 58.6 Å². The van der Waals surface area contributed by atoms with Gasteiger partial charge in [0.25, 0.3) is 5.91 Å². The molecule has 1 aliphatic rings. The fraction of sp³-hybridized carbons (Fsp3) is 0.778. The molecule has 0 aromatic carbocycles. The molecule has 0 radical (unpaired) electrons. The summed E-state index contributed by atoms with van der Waals surface area (Å²) in [6, 6.07) is -0.463. The first-order valence-corrected chi connectivity index (χ1v) is 5.64. The molecule has 1 fully saturated rings. The first kappa shape index (κ1) is 12.2. The summed E-state index contributed by atoms with van der Waals surface area (Å²) in [5.74, 6) is 0.472. The number of ether oxygens (including phenoxy) is 1. The minimum absolute atomic E-state index is 0.0918. The van der Waals surface area contributed by atoms with Crippen LogP contribution in [0.5, 0.6) is 0 Å². The van der Waals surface area contributed by atoms with E-state index in [1.807, 2.05) is 0 Å². The van der Waals surface area contributed by atoms with Crippen molar-refractivity contribution in [1.29, 1.82) is 0 Å². The summed E-state index contributed by atoms with van der Waals surface area (Å²) in [4.78, 5) is 22.8. The van der Waals surface area contributed by atoms with E-state index in [1.165, 1.54) is 16.3 Å². The molecule has 1 heterocycles. The van der Waals surface area contributed by atoms with E-state index in [9.17, 15) is 9.59 Å². The number of likely N-dealkylation sites (N-methyl/N-ethyl adjacent to an activating group) is 1. The van der Waals surface area contributed by atoms with Crippen LogP contribution in [0.25, 0.3) is 0 Å². The highest BCUT2D eigenvalue weighted by Gasteiger charge is 2.32. The van der Waals surface area contributed by atoms with Crippen molar-refractivity contribution < 1.29 is 14.3 Å². The quantitative estimate of drug-likeness (QED) is 0.685. The molecular weight excluding hydrogens is 216 g/mol. The second-order valence-corrected chi connectivity index (χ2v) is 5.47. The molecule has 0 bridgehead atoms. The Morgan fingerprint density at radius 3 is 2.60 bits per heavy atom. The lowest BCUT2D eigenvalue weighted by Gasteiger charge is -2.20. The molecule has 0 aromatic heterocycles. The minimum Gasteiger partial charge on any atom is -0.444 e. The normalized spacial score (nSPS) is 21.7. The third-order valence-corrected chi connectivity index (χ3v) is 2.78. The number of hydrogen-bond donors (Lipinski definition) is 1. The molecular formula is C9H16N2O3S. The van der Waals surface area contributed by atoms with E-state index in [0.29, 0.717) is 5.75 Å². The number of rotatable bonds is 1. The number of hydrogen-bond acceptors (Lipinski definition) is 4. The Bertz CT molecular complexity index is 275. The molecule has 0 aromatic rings. The molecule has 2 amide bonds. The highest BCUT2D eigenvalue weighted by Crippen LogP contribution is 2.19. The summed E-state index contributed by atoms with van der Waals surface area (Å²) in [6.07, 6.45) is -0.545. The van der Waals surface area contributed by atoms with Crippen LogP contribution in [0, 0.1) is 0 Å². The van der Waals surface area contributed by atoms with Crippen LogP contribution in [0.4, 0.5) is 4.79 Å². The predicted octanol–water partition coefficient (Wildman–Crippen LogP) is 1.000. The van der Waals surface area contributed by atoms with E-state index in [2.05, 4.69) is 5.32 Å². The average Bonchev–Trinajstić information content (AvgIpc) is 2.32. The number of alkyl carbamates (subject to hydrolysis) is 1. The van der Waals surface area contributed by atoms with Crippen LogP contribution in [0.3, 0.4) is 0 Å². The van der Waals surface area contributed by atoms with Gasteiger partial charge >= 0.3 is 6.09 Å². The van der Waals surface area contributed by atoms with Crippen LogP contribution in [0.2, 0.25) is 0 Å². The molecule has 6 heteroatoms. The number of carbonyl (C=O) groups excluding carboxylic acids is 2. The van der Waals surface area contributed by atoms with Crippen molar-refractivity contribution in [3.05, 3.63) is 0 Å². The molecule has 1 aliphatic heterocycles. The Morgan fingerprint density at radius 1 is 1.60 bits per heavy atom. The summed E-state index contributed by atoms with van der Waals surface area (Å²) >= 11 is 1.39. The minimum atomic E-state index is -0.545. The summed E-state index contributed by atoms with van der Waals surface area (Å²) in [5.41, 5.74) is -0.537. The Balaban J connectivity index is 2.43. The molecule has 1 unspecified atom stereocenters. The van der Waals surface area contributed by atoms with Crippen LogP contribution >= 0.6 is 11.9 Å². The number of amides is 2. The maximum Gasteiger partial charge on any atom is 0.408 e. The third kappa shape index (κ3) is 3.62. The van der Waals surface area contributed by atoms with Gasteiger partial charge in [0.15, 0.2) is 0 Å². The van der Waals surface area contributed by atoms with Gasteiger partial charge in [0.05, 0.1) is 0 Å². The molecule has 0 aliphatic carbocycles. The van der Waals surface area contributed by atoms with Crippen LogP contribution in [0.1, 0.15) is 20.8 Å². The maximum atomic E-state index is 11.4. The van der Waals surface area contributed by atoms with Crippen molar-refractivity contribution in [2.45, 2.75) is 32.4 Å². The van der Waals surface area contributed by atoms with Gasteiger partial charge in [0.1, 0.15) is 11.6 Å². The van der Waals surface area contributed by atoms with Crippen LogP contribution in [-0.4, -0.2) is 40.7 Å². The zero-order valence-electron chi connectivity index (χ0n) is 9.36. The molecule has 1 rings (SSSR count). The fourth-order valence-corrected chi connectivity index (χ4v) is 1.95. The van der Waals surface area contributed by atoms with E-state index < -0.39 is 17.7 Å². The van der Waals surface area contributed by atoms with Gasteiger partial charge in [-0.2, -0.15) is 0 Å². The predicted molar refractivity (Wildman–Crippen MR) is 58.4 cm³/mol. The van der Waals surface area contributed by atoms with E-state index in [-0.39, 0.29) is 5.91 Å². The molecule has 0 spiro atoms. The van der Waals surface area contributed by atoms with Gasteiger partial charge in [-0.25, -0.2) is 4.79 Å².